The maximum atomic E-state index is 12.7. The van der Waals surface area contributed by atoms with Crippen LogP contribution in [0.15, 0.2) is 22.7 Å². The van der Waals surface area contributed by atoms with Gasteiger partial charge in [-0.1, -0.05) is 6.92 Å². The third kappa shape index (κ3) is 2.83. The van der Waals surface area contributed by atoms with Gasteiger partial charge in [0.05, 0.1) is 29.8 Å². The molecule has 0 atom stereocenters. The number of rotatable bonds is 2. The van der Waals surface area contributed by atoms with Gasteiger partial charge in [0.2, 0.25) is 0 Å². The minimum Gasteiger partial charge on any atom is -0.386 e. The molecule has 7 heteroatoms. The van der Waals surface area contributed by atoms with Crippen molar-refractivity contribution >= 4 is 21.8 Å². The van der Waals surface area contributed by atoms with Gasteiger partial charge in [0.15, 0.2) is 0 Å². The van der Waals surface area contributed by atoms with Gasteiger partial charge in [-0.15, -0.1) is 0 Å². The minimum absolute atomic E-state index is 0.0435. The summed E-state index contributed by atoms with van der Waals surface area (Å²) in [5.41, 5.74) is -1.82. The molecule has 1 aromatic rings. The summed E-state index contributed by atoms with van der Waals surface area (Å²) < 4.78 is 38.3. The van der Waals surface area contributed by atoms with Crippen molar-refractivity contribution in [2.45, 2.75) is 25.1 Å². The lowest BCUT2D eigenvalue weighted by Crippen LogP contribution is -2.63. The fourth-order valence-corrected chi connectivity index (χ4v) is 2.48. The highest BCUT2D eigenvalue weighted by atomic mass is 79.9. The Hall–Kier alpha value is -1.08. The Morgan fingerprint density at radius 2 is 2.05 bits per heavy atom. The topological polar surface area (TPSA) is 40.5 Å². The Balaban J connectivity index is 2.23. The van der Waals surface area contributed by atoms with E-state index in [1.807, 2.05) is 0 Å². The van der Waals surface area contributed by atoms with Crippen LogP contribution in [0.25, 0.3) is 0 Å². The molecule has 1 aromatic carbocycles. The number of carbonyl (C=O) groups is 1. The van der Waals surface area contributed by atoms with E-state index in [1.54, 1.807) is 6.92 Å². The number of halogens is 4. The second-order valence-corrected chi connectivity index (χ2v) is 5.79. The minimum atomic E-state index is -4.49. The highest BCUT2D eigenvalue weighted by molar-refractivity contribution is 9.10. The second-order valence-electron chi connectivity index (χ2n) is 4.93. The zero-order valence-corrected chi connectivity index (χ0v) is 12.3. The SMILES string of the molecule is CCC1(O)CN(C(=O)c2cc(C(F)(F)F)ccc2Br)C1. The molecule has 0 aromatic heterocycles. The van der Waals surface area contributed by atoms with E-state index < -0.39 is 23.2 Å². The van der Waals surface area contributed by atoms with Gasteiger partial charge in [-0.3, -0.25) is 4.79 Å². The summed E-state index contributed by atoms with van der Waals surface area (Å²) in [5, 5.41) is 9.85. The summed E-state index contributed by atoms with van der Waals surface area (Å²) in [6.07, 6.45) is -3.99. The molecule has 1 amide bonds. The highest BCUT2D eigenvalue weighted by Crippen LogP contribution is 2.33. The molecule has 0 radical (unpaired) electrons. The monoisotopic (exact) mass is 351 g/mol. The molecule has 1 heterocycles. The van der Waals surface area contributed by atoms with Crippen molar-refractivity contribution in [1.29, 1.82) is 0 Å². The number of aliphatic hydroxyl groups is 1. The molecular weight excluding hydrogens is 339 g/mol. The Morgan fingerprint density at radius 3 is 2.55 bits per heavy atom. The lowest BCUT2D eigenvalue weighted by Gasteiger charge is -2.46. The van der Waals surface area contributed by atoms with Gasteiger partial charge in [-0.25, -0.2) is 0 Å². The third-order valence-electron chi connectivity index (χ3n) is 3.44. The molecule has 1 aliphatic rings. The van der Waals surface area contributed by atoms with Crippen molar-refractivity contribution in [3.63, 3.8) is 0 Å². The summed E-state index contributed by atoms with van der Waals surface area (Å²) in [7, 11) is 0. The predicted molar refractivity (Wildman–Crippen MR) is 70.3 cm³/mol. The molecule has 0 aliphatic carbocycles. The van der Waals surface area contributed by atoms with Crippen molar-refractivity contribution in [3.05, 3.63) is 33.8 Å². The van der Waals surface area contributed by atoms with Crippen LogP contribution in [-0.4, -0.2) is 34.6 Å². The van der Waals surface area contributed by atoms with Crippen LogP contribution >= 0.6 is 15.9 Å². The zero-order chi connectivity index (χ0) is 15.1. The van der Waals surface area contributed by atoms with E-state index in [-0.39, 0.29) is 18.7 Å². The van der Waals surface area contributed by atoms with E-state index in [0.717, 1.165) is 12.1 Å². The molecule has 0 spiro atoms. The van der Waals surface area contributed by atoms with E-state index in [0.29, 0.717) is 10.9 Å². The number of carbonyl (C=O) groups excluding carboxylic acids is 1. The number of likely N-dealkylation sites (tertiary alicyclic amines) is 1. The number of amides is 1. The van der Waals surface area contributed by atoms with Crippen LogP contribution in [0.1, 0.15) is 29.3 Å². The van der Waals surface area contributed by atoms with Crippen LogP contribution in [0.3, 0.4) is 0 Å². The van der Waals surface area contributed by atoms with E-state index in [4.69, 9.17) is 0 Å². The lowest BCUT2D eigenvalue weighted by molar-refractivity contribution is -0.137. The number of hydrogen-bond donors (Lipinski definition) is 1. The van der Waals surface area contributed by atoms with Crippen LogP contribution < -0.4 is 0 Å². The standard InChI is InChI=1S/C13H13BrF3NO2/c1-2-12(20)6-18(7-12)11(19)9-5-8(13(15,16)17)3-4-10(9)14/h3-5,20H,2,6-7H2,1H3. The third-order valence-corrected chi connectivity index (χ3v) is 4.13. The number of hydrogen-bond acceptors (Lipinski definition) is 2. The average Bonchev–Trinajstić information content (AvgIpc) is 2.33. The summed E-state index contributed by atoms with van der Waals surface area (Å²) in [6, 6.07) is 2.96. The predicted octanol–water partition coefficient (Wildman–Crippen LogP) is 3.06. The molecule has 0 saturated carbocycles. The number of β-amino-alcohol motifs (C(OH)–C–C–N with tert-alkyl or cyclic N) is 1. The average molecular weight is 352 g/mol. The molecule has 3 nitrogen and oxygen atoms in total. The van der Waals surface area contributed by atoms with Crippen molar-refractivity contribution in [1.82, 2.24) is 4.90 Å². The largest absolute Gasteiger partial charge is 0.416 e. The molecule has 0 bridgehead atoms. The second kappa shape index (κ2) is 5.04. The summed E-state index contributed by atoms with van der Waals surface area (Å²) in [4.78, 5) is 13.5. The molecule has 2 rings (SSSR count). The fraction of sp³-hybridized carbons (Fsp3) is 0.462. The first-order chi connectivity index (χ1) is 9.16. The van der Waals surface area contributed by atoms with Crippen LogP contribution in [0, 0.1) is 0 Å². The zero-order valence-electron chi connectivity index (χ0n) is 10.7. The molecular formula is C13H13BrF3NO2. The van der Waals surface area contributed by atoms with E-state index in [1.165, 1.54) is 11.0 Å². The van der Waals surface area contributed by atoms with E-state index in [9.17, 15) is 23.1 Å². The Labute approximate surface area is 122 Å². The molecule has 1 N–H and O–H groups in total. The summed E-state index contributed by atoms with van der Waals surface area (Å²) in [6.45, 7) is 2.08. The maximum Gasteiger partial charge on any atom is 0.416 e. The van der Waals surface area contributed by atoms with E-state index in [2.05, 4.69) is 15.9 Å². The van der Waals surface area contributed by atoms with Gasteiger partial charge in [0, 0.05) is 4.47 Å². The van der Waals surface area contributed by atoms with Crippen LogP contribution in [-0.2, 0) is 6.18 Å². The maximum absolute atomic E-state index is 12.7. The van der Waals surface area contributed by atoms with Crippen molar-refractivity contribution in [2.75, 3.05) is 13.1 Å². The van der Waals surface area contributed by atoms with Crippen molar-refractivity contribution in [3.8, 4) is 0 Å². The number of nitrogens with zero attached hydrogens (tertiary/aromatic N) is 1. The number of benzene rings is 1. The van der Waals surface area contributed by atoms with Crippen LogP contribution in [0.2, 0.25) is 0 Å². The normalized spacial score (nSPS) is 17.8. The Morgan fingerprint density at radius 1 is 1.45 bits per heavy atom. The summed E-state index contributed by atoms with van der Waals surface area (Å²) in [5.74, 6) is -0.513. The van der Waals surface area contributed by atoms with Crippen LogP contribution in [0.4, 0.5) is 13.2 Å². The van der Waals surface area contributed by atoms with Gasteiger partial charge in [0.1, 0.15) is 0 Å². The molecule has 1 saturated heterocycles. The van der Waals surface area contributed by atoms with Gasteiger partial charge in [-0.2, -0.15) is 13.2 Å². The summed E-state index contributed by atoms with van der Waals surface area (Å²) >= 11 is 3.09. The highest BCUT2D eigenvalue weighted by Gasteiger charge is 2.43. The Bertz CT molecular complexity index is 539. The van der Waals surface area contributed by atoms with Gasteiger partial charge < -0.3 is 10.0 Å². The molecule has 1 aliphatic heterocycles. The molecule has 20 heavy (non-hydrogen) atoms. The van der Waals surface area contributed by atoms with E-state index >= 15 is 0 Å². The number of alkyl halides is 3. The lowest BCUT2D eigenvalue weighted by atomic mass is 9.90. The van der Waals surface area contributed by atoms with Crippen molar-refractivity contribution < 1.29 is 23.1 Å². The van der Waals surface area contributed by atoms with Gasteiger partial charge in [0.25, 0.3) is 5.91 Å². The van der Waals surface area contributed by atoms with Gasteiger partial charge in [-0.05, 0) is 40.5 Å². The smallest absolute Gasteiger partial charge is 0.386 e. The molecule has 110 valence electrons. The van der Waals surface area contributed by atoms with Crippen LogP contribution in [0.5, 0.6) is 0 Å². The first-order valence-electron chi connectivity index (χ1n) is 6.05. The first-order valence-corrected chi connectivity index (χ1v) is 6.84. The molecule has 1 fully saturated rings. The first kappa shape index (κ1) is 15.3. The fourth-order valence-electron chi connectivity index (χ4n) is 2.07. The van der Waals surface area contributed by atoms with Gasteiger partial charge >= 0.3 is 6.18 Å². The quantitative estimate of drug-likeness (QED) is 0.889. The van der Waals surface area contributed by atoms with Crippen molar-refractivity contribution in [2.24, 2.45) is 0 Å². The Kier molecular flexibility index (Phi) is 3.85. The molecule has 0 unspecified atom stereocenters.